The number of nitrogens with zero attached hydrogens (tertiary/aromatic N) is 2. The van der Waals surface area contributed by atoms with Crippen LogP contribution in [0.2, 0.25) is 5.02 Å². The Hall–Kier alpha value is -2.57. The first-order chi connectivity index (χ1) is 15.1. The van der Waals surface area contributed by atoms with Gasteiger partial charge in [-0.3, -0.25) is 14.5 Å². The molecule has 2 amide bonds. The summed E-state index contributed by atoms with van der Waals surface area (Å²) in [4.78, 5) is 29.8. The van der Waals surface area contributed by atoms with Gasteiger partial charge < -0.3 is 15.5 Å². The van der Waals surface area contributed by atoms with Crippen LogP contribution in [0.15, 0.2) is 48.5 Å². The maximum atomic E-state index is 12.7. The van der Waals surface area contributed by atoms with Crippen LogP contribution in [0, 0.1) is 0 Å². The zero-order valence-electron chi connectivity index (χ0n) is 17.6. The summed E-state index contributed by atoms with van der Waals surface area (Å²) in [6, 6.07) is 15.3. The number of nitrogens with one attached hydrogen (secondary N) is 2. The standard InChI is InChI=1S/C24H29ClN4O2/c25-20-10-4-6-12-22(20)29-15-13-28(14-16-29)17-23(30)27-21-11-5-3-9-19(21)24(31)26-18-7-1-2-8-18/h3-6,9-12,18H,1-2,7-8,13-17H2,(H,26,31)(H,27,30). The smallest absolute Gasteiger partial charge is 0.253 e. The molecule has 0 bridgehead atoms. The van der Waals surface area contributed by atoms with Gasteiger partial charge in [0.25, 0.3) is 5.91 Å². The van der Waals surface area contributed by atoms with Crippen molar-refractivity contribution in [3.63, 3.8) is 0 Å². The minimum absolute atomic E-state index is 0.104. The maximum absolute atomic E-state index is 12.7. The third kappa shape index (κ3) is 5.57. The zero-order chi connectivity index (χ0) is 21.6. The van der Waals surface area contributed by atoms with Crippen molar-refractivity contribution in [1.29, 1.82) is 0 Å². The van der Waals surface area contributed by atoms with Gasteiger partial charge in [-0.25, -0.2) is 0 Å². The summed E-state index contributed by atoms with van der Waals surface area (Å²) >= 11 is 6.31. The lowest BCUT2D eigenvalue weighted by molar-refractivity contribution is -0.117. The fourth-order valence-electron chi connectivity index (χ4n) is 4.37. The molecule has 1 aliphatic carbocycles. The van der Waals surface area contributed by atoms with E-state index in [0.717, 1.165) is 62.6 Å². The van der Waals surface area contributed by atoms with Crippen LogP contribution >= 0.6 is 11.6 Å². The number of hydrogen-bond acceptors (Lipinski definition) is 4. The quantitative estimate of drug-likeness (QED) is 0.717. The van der Waals surface area contributed by atoms with E-state index in [1.165, 1.54) is 0 Å². The number of anilines is 2. The summed E-state index contributed by atoms with van der Waals surface area (Å²) in [5, 5.41) is 6.79. The molecular formula is C24H29ClN4O2. The molecule has 1 saturated heterocycles. The number of halogens is 1. The number of benzene rings is 2. The van der Waals surface area contributed by atoms with Crippen LogP contribution in [0.1, 0.15) is 36.0 Å². The number of piperazine rings is 1. The van der Waals surface area contributed by atoms with E-state index in [1.54, 1.807) is 12.1 Å². The Morgan fingerprint density at radius 3 is 2.35 bits per heavy atom. The molecule has 0 radical (unpaired) electrons. The molecule has 1 aliphatic heterocycles. The zero-order valence-corrected chi connectivity index (χ0v) is 18.4. The molecule has 2 fully saturated rings. The molecule has 2 aromatic carbocycles. The van der Waals surface area contributed by atoms with Crippen molar-refractivity contribution in [3.8, 4) is 0 Å². The Balaban J connectivity index is 1.30. The molecule has 164 valence electrons. The minimum atomic E-state index is -0.115. The molecule has 6 nitrogen and oxygen atoms in total. The van der Waals surface area contributed by atoms with Gasteiger partial charge in [-0.2, -0.15) is 0 Å². The number of amides is 2. The largest absolute Gasteiger partial charge is 0.368 e. The van der Waals surface area contributed by atoms with Gasteiger partial charge in [-0.05, 0) is 37.1 Å². The molecule has 2 aromatic rings. The third-order valence-electron chi connectivity index (χ3n) is 6.07. The Morgan fingerprint density at radius 2 is 1.61 bits per heavy atom. The van der Waals surface area contributed by atoms with Gasteiger partial charge in [0.15, 0.2) is 0 Å². The third-order valence-corrected chi connectivity index (χ3v) is 6.39. The molecular weight excluding hydrogens is 412 g/mol. The lowest BCUT2D eigenvalue weighted by Crippen LogP contribution is -2.48. The average Bonchev–Trinajstić information content (AvgIpc) is 3.28. The van der Waals surface area contributed by atoms with E-state index in [4.69, 9.17) is 11.6 Å². The van der Waals surface area contributed by atoms with Crippen molar-refractivity contribution in [3.05, 3.63) is 59.1 Å². The number of para-hydroxylation sites is 2. The second-order valence-corrected chi connectivity index (χ2v) is 8.67. The van der Waals surface area contributed by atoms with Crippen molar-refractivity contribution in [2.24, 2.45) is 0 Å². The highest BCUT2D eigenvalue weighted by Gasteiger charge is 2.22. The molecule has 2 aliphatic rings. The molecule has 1 heterocycles. The van der Waals surface area contributed by atoms with E-state index >= 15 is 0 Å². The van der Waals surface area contributed by atoms with E-state index in [9.17, 15) is 9.59 Å². The van der Waals surface area contributed by atoms with Crippen molar-refractivity contribution in [2.45, 2.75) is 31.7 Å². The fraction of sp³-hybridized carbons (Fsp3) is 0.417. The van der Waals surface area contributed by atoms with Gasteiger partial charge >= 0.3 is 0 Å². The van der Waals surface area contributed by atoms with Crippen molar-refractivity contribution in [2.75, 3.05) is 42.9 Å². The van der Waals surface area contributed by atoms with Crippen LogP contribution in [-0.4, -0.2) is 55.5 Å². The number of carbonyl (C=O) groups is 2. The molecule has 1 saturated carbocycles. The summed E-state index contributed by atoms with van der Waals surface area (Å²) in [6.07, 6.45) is 4.38. The SMILES string of the molecule is O=C(CN1CCN(c2ccccc2Cl)CC1)Nc1ccccc1C(=O)NC1CCCC1. The van der Waals surface area contributed by atoms with Crippen LogP contribution in [0.5, 0.6) is 0 Å². The van der Waals surface area contributed by atoms with Crippen LogP contribution < -0.4 is 15.5 Å². The van der Waals surface area contributed by atoms with Gasteiger partial charge in [-0.15, -0.1) is 0 Å². The molecule has 4 rings (SSSR count). The maximum Gasteiger partial charge on any atom is 0.253 e. The normalized spacial score (nSPS) is 17.5. The van der Waals surface area contributed by atoms with Gasteiger partial charge in [0.1, 0.15) is 0 Å². The predicted molar refractivity (Wildman–Crippen MR) is 125 cm³/mol. The lowest BCUT2D eigenvalue weighted by Gasteiger charge is -2.36. The minimum Gasteiger partial charge on any atom is -0.368 e. The second kappa shape index (κ2) is 10.2. The summed E-state index contributed by atoms with van der Waals surface area (Å²) in [5.74, 6) is -0.219. The Morgan fingerprint density at radius 1 is 0.935 bits per heavy atom. The first-order valence-electron chi connectivity index (χ1n) is 11.0. The van der Waals surface area contributed by atoms with Crippen molar-refractivity contribution in [1.82, 2.24) is 10.2 Å². The van der Waals surface area contributed by atoms with E-state index in [1.807, 2.05) is 36.4 Å². The number of hydrogen-bond donors (Lipinski definition) is 2. The lowest BCUT2D eigenvalue weighted by atomic mass is 10.1. The monoisotopic (exact) mass is 440 g/mol. The topological polar surface area (TPSA) is 64.7 Å². The molecule has 0 unspecified atom stereocenters. The van der Waals surface area contributed by atoms with Crippen molar-refractivity contribution < 1.29 is 9.59 Å². The highest BCUT2D eigenvalue weighted by molar-refractivity contribution is 6.33. The number of rotatable bonds is 6. The Labute approximate surface area is 188 Å². The first-order valence-corrected chi connectivity index (χ1v) is 11.4. The molecule has 0 aromatic heterocycles. The highest BCUT2D eigenvalue weighted by atomic mass is 35.5. The summed E-state index contributed by atoms with van der Waals surface area (Å²) in [7, 11) is 0. The van der Waals surface area contributed by atoms with Gasteiger partial charge in [0, 0.05) is 32.2 Å². The van der Waals surface area contributed by atoms with E-state index in [2.05, 4.69) is 20.4 Å². The Kier molecular flexibility index (Phi) is 7.10. The van der Waals surface area contributed by atoms with Gasteiger partial charge in [-0.1, -0.05) is 48.7 Å². The fourth-order valence-corrected chi connectivity index (χ4v) is 4.63. The predicted octanol–water partition coefficient (Wildman–Crippen LogP) is 3.77. The van der Waals surface area contributed by atoms with Crippen LogP contribution in [-0.2, 0) is 4.79 Å². The number of carbonyl (C=O) groups excluding carboxylic acids is 2. The molecule has 0 spiro atoms. The first kappa shape index (κ1) is 21.7. The van der Waals surface area contributed by atoms with E-state index < -0.39 is 0 Å². The van der Waals surface area contributed by atoms with Crippen LogP contribution in [0.25, 0.3) is 0 Å². The summed E-state index contributed by atoms with van der Waals surface area (Å²) in [5.41, 5.74) is 2.12. The van der Waals surface area contributed by atoms with E-state index in [0.29, 0.717) is 17.8 Å². The second-order valence-electron chi connectivity index (χ2n) is 8.26. The van der Waals surface area contributed by atoms with Gasteiger partial charge in [0.2, 0.25) is 5.91 Å². The van der Waals surface area contributed by atoms with Crippen molar-refractivity contribution >= 4 is 34.8 Å². The molecule has 31 heavy (non-hydrogen) atoms. The highest BCUT2D eigenvalue weighted by Crippen LogP contribution is 2.26. The molecule has 0 atom stereocenters. The van der Waals surface area contributed by atoms with Crippen LogP contribution in [0.3, 0.4) is 0 Å². The summed E-state index contributed by atoms with van der Waals surface area (Å²) in [6.45, 7) is 3.49. The van der Waals surface area contributed by atoms with Crippen LogP contribution in [0.4, 0.5) is 11.4 Å². The molecule has 7 heteroatoms. The Bertz CT molecular complexity index is 921. The average molecular weight is 441 g/mol. The van der Waals surface area contributed by atoms with E-state index in [-0.39, 0.29) is 17.9 Å². The summed E-state index contributed by atoms with van der Waals surface area (Å²) < 4.78 is 0. The molecule has 2 N–H and O–H groups in total. The van der Waals surface area contributed by atoms with Gasteiger partial charge in [0.05, 0.1) is 28.5 Å².